The first-order valence-electron chi connectivity index (χ1n) is 11.7. The second kappa shape index (κ2) is 12.4. The van der Waals surface area contributed by atoms with Crippen LogP contribution in [0.4, 0.5) is 5.69 Å². The van der Waals surface area contributed by atoms with Crippen LogP contribution in [0, 0.1) is 6.92 Å². The molecule has 37 heavy (non-hydrogen) atoms. The first kappa shape index (κ1) is 28.5. The Morgan fingerprint density at radius 1 is 0.973 bits per heavy atom. The van der Waals surface area contributed by atoms with Crippen molar-refractivity contribution in [2.45, 2.75) is 37.8 Å². The molecule has 0 aliphatic heterocycles. The third-order valence-corrected chi connectivity index (χ3v) is 8.22. The van der Waals surface area contributed by atoms with Crippen LogP contribution < -0.4 is 9.62 Å². The van der Waals surface area contributed by atoms with Gasteiger partial charge in [-0.2, -0.15) is 0 Å². The van der Waals surface area contributed by atoms with E-state index >= 15 is 0 Å². The molecule has 0 radical (unpaired) electrons. The van der Waals surface area contributed by atoms with Gasteiger partial charge in [0.2, 0.25) is 11.8 Å². The minimum atomic E-state index is -4.23. The average Bonchev–Trinajstić information content (AvgIpc) is 2.89. The van der Waals surface area contributed by atoms with Gasteiger partial charge in [0.05, 0.1) is 15.6 Å². The smallest absolute Gasteiger partial charge is 0.264 e. The van der Waals surface area contributed by atoms with E-state index in [9.17, 15) is 18.0 Å². The van der Waals surface area contributed by atoms with E-state index in [1.54, 1.807) is 19.1 Å². The number of rotatable bonds is 10. The van der Waals surface area contributed by atoms with Gasteiger partial charge < -0.3 is 10.2 Å². The maximum absolute atomic E-state index is 13.8. The van der Waals surface area contributed by atoms with Gasteiger partial charge in [0.15, 0.2) is 0 Å². The van der Waals surface area contributed by atoms with Gasteiger partial charge in [0, 0.05) is 18.6 Å². The molecule has 2 amide bonds. The summed E-state index contributed by atoms with van der Waals surface area (Å²) in [6, 6.07) is 19.1. The summed E-state index contributed by atoms with van der Waals surface area (Å²) in [7, 11) is -2.73. The zero-order valence-electron chi connectivity index (χ0n) is 20.8. The van der Waals surface area contributed by atoms with Crippen LogP contribution >= 0.6 is 23.2 Å². The number of halogens is 2. The summed E-state index contributed by atoms with van der Waals surface area (Å²) < 4.78 is 28.6. The van der Waals surface area contributed by atoms with Gasteiger partial charge in [-0.1, -0.05) is 78.2 Å². The molecule has 0 bridgehead atoms. The lowest BCUT2D eigenvalue weighted by Gasteiger charge is -2.33. The summed E-state index contributed by atoms with van der Waals surface area (Å²) in [5, 5.41) is 2.97. The number of carbonyl (C=O) groups excluding carboxylic acids is 2. The Bertz CT molecular complexity index is 1350. The Hall–Kier alpha value is -3.07. The van der Waals surface area contributed by atoms with Gasteiger partial charge in [-0.3, -0.25) is 13.9 Å². The molecule has 0 unspecified atom stereocenters. The highest BCUT2D eigenvalue weighted by Crippen LogP contribution is 2.33. The summed E-state index contributed by atoms with van der Waals surface area (Å²) in [6.07, 6.45) is 0.334. The number of aryl methyl sites for hydroxylation is 1. The molecule has 1 atom stereocenters. The number of sulfonamides is 1. The fraction of sp³-hybridized carbons (Fsp3) is 0.259. The number of anilines is 1. The molecule has 0 saturated carbocycles. The molecule has 0 spiro atoms. The van der Waals surface area contributed by atoms with Crippen LogP contribution in [-0.4, -0.2) is 44.8 Å². The van der Waals surface area contributed by atoms with Crippen molar-refractivity contribution in [3.63, 3.8) is 0 Å². The third kappa shape index (κ3) is 6.83. The zero-order valence-corrected chi connectivity index (χ0v) is 23.1. The molecule has 3 aromatic carbocycles. The van der Waals surface area contributed by atoms with Crippen LogP contribution in [0.3, 0.4) is 0 Å². The van der Waals surface area contributed by atoms with Crippen LogP contribution in [0.2, 0.25) is 10.0 Å². The first-order valence-corrected chi connectivity index (χ1v) is 13.9. The number of nitrogens with one attached hydrogen (secondary N) is 1. The molecule has 10 heteroatoms. The van der Waals surface area contributed by atoms with Crippen molar-refractivity contribution in [2.75, 3.05) is 17.9 Å². The Morgan fingerprint density at radius 2 is 1.62 bits per heavy atom. The monoisotopic (exact) mass is 561 g/mol. The Morgan fingerprint density at radius 3 is 2.22 bits per heavy atom. The number of nitrogens with zero attached hydrogens (tertiary/aromatic N) is 2. The van der Waals surface area contributed by atoms with Crippen molar-refractivity contribution < 1.29 is 18.0 Å². The standard InChI is InChI=1S/C27H29Cl2N3O4S/c1-4-24(27(34)30-3)31(17-20-8-6-5-7-9-20)26(33)18-32(25-16-21(28)12-15-23(25)29)37(35,36)22-13-10-19(2)11-14-22/h5-16,24H,4,17-18H2,1-3H3,(H,30,34)/t24-/m1/s1. The van der Waals surface area contributed by atoms with Gasteiger partial charge >= 0.3 is 0 Å². The minimum absolute atomic E-state index is 0.00473. The van der Waals surface area contributed by atoms with Gasteiger partial charge in [-0.15, -0.1) is 0 Å². The van der Waals surface area contributed by atoms with Crippen molar-refractivity contribution >= 4 is 50.7 Å². The Labute approximate surface area is 228 Å². The molecule has 0 heterocycles. The fourth-order valence-electron chi connectivity index (χ4n) is 3.89. The topological polar surface area (TPSA) is 86.8 Å². The van der Waals surface area contributed by atoms with Crippen LogP contribution in [-0.2, 0) is 26.2 Å². The second-order valence-corrected chi connectivity index (χ2v) is 11.2. The molecular formula is C27H29Cl2N3O4S. The lowest BCUT2D eigenvalue weighted by molar-refractivity contribution is -0.140. The van der Waals surface area contributed by atoms with E-state index in [0.717, 1.165) is 15.4 Å². The molecule has 0 saturated heterocycles. The molecule has 7 nitrogen and oxygen atoms in total. The molecule has 0 aliphatic carbocycles. The summed E-state index contributed by atoms with van der Waals surface area (Å²) in [6.45, 7) is 3.17. The Kier molecular flexibility index (Phi) is 9.59. The molecule has 0 fully saturated rings. The molecule has 3 aromatic rings. The lowest BCUT2D eigenvalue weighted by atomic mass is 10.1. The number of likely N-dealkylation sites (N-methyl/N-ethyl adjacent to an activating group) is 1. The van der Waals surface area contributed by atoms with Crippen LogP contribution in [0.15, 0.2) is 77.7 Å². The van der Waals surface area contributed by atoms with Crippen molar-refractivity contribution in [2.24, 2.45) is 0 Å². The SMILES string of the molecule is CC[C@H](C(=O)NC)N(Cc1ccccc1)C(=O)CN(c1cc(Cl)ccc1Cl)S(=O)(=O)c1ccc(C)cc1. The van der Waals surface area contributed by atoms with Crippen LogP contribution in [0.1, 0.15) is 24.5 Å². The maximum atomic E-state index is 13.8. The van der Waals surface area contributed by atoms with E-state index in [4.69, 9.17) is 23.2 Å². The number of hydrogen-bond acceptors (Lipinski definition) is 4. The molecular weight excluding hydrogens is 533 g/mol. The second-order valence-electron chi connectivity index (χ2n) is 8.47. The van der Waals surface area contributed by atoms with E-state index in [-0.39, 0.29) is 33.1 Å². The highest BCUT2D eigenvalue weighted by Gasteiger charge is 2.34. The predicted octanol–water partition coefficient (Wildman–Crippen LogP) is 5.05. The van der Waals surface area contributed by atoms with E-state index in [1.807, 2.05) is 37.3 Å². The summed E-state index contributed by atoms with van der Waals surface area (Å²) in [5.74, 6) is -0.911. The van der Waals surface area contributed by atoms with E-state index in [2.05, 4.69) is 5.32 Å². The summed E-state index contributed by atoms with van der Waals surface area (Å²) >= 11 is 12.6. The normalized spacial score (nSPS) is 12.0. The molecule has 0 aliphatic rings. The third-order valence-electron chi connectivity index (χ3n) is 5.89. The highest BCUT2D eigenvalue weighted by atomic mass is 35.5. The van der Waals surface area contributed by atoms with Crippen LogP contribution in [0.25, 0.3) is 0 Å². The van der Waals surface area contributed by atoms with Gasteiger partial charge in [0.1, 0.15) is 12.6 Å². The highest BCUT2D eigenvalue weighted by molar-refractivity contribution is 7.92. The van der Waals surface area contributed by atoms with Gasteiger partial charge in [0.25, 0.3) is 10.0 Å². The fourth-order valence-corrected chi connectivity index (χ4v) is 5.75. The van der Waals surface area contributed by atoms with Crippen molar-refractivity contribution in [3.05, 3.63) is 94.0 Å². The largest absolute Gasteiger partial charge is 0.357 e. The lowest BCUT2D eigenvalue weighted by Crippen LogP contribution is -2.51. The quantitative estimate of drug-likeness (QED) is 0.375. The zero-order chi connectivity index (χ0) is 27.2. The average molecular weight is 563 g/mol. The van der Waals surface area contributed by atoms with Crippen LogP contribution in [0.5, 0.6) is 0 Å². The number of hydrogen-bond donors (Lipinski definition) is 1. The van der Waals surface area contributed by atoms with Gasteiger partial charge in [-0.25, -0.2) is 8.42 Å². The molecule has 1 N–H and O–H groups in total. The van der Waals surface area contributed by atoms with Crippen molar-refractivity contribution in [3.8, 4) is 0 Å². The number of amides is 2. The van der Waals surface area contributed by atoms with E-state index < -0.39 is 28.5 Å². The molecule has 196 valence electrons. The molecule has 0 aromatic heterocycles. The number of carbonyl (C=O) groups is 2. The van der Waals surface area contributed by atoms with E-state index in [1.165, 1.54) is 42.3 Å². The van der Waals surface area contributed by atoms with E-state index in [0.29, 0.717) is 6.42 Å². The first-order chi connectivity index (χ1) is 17.6. The Balaban J connectivity index is 2.10. The number of benzene rings is 3. The maximum Gasteiger partial charge on any atom is 0.264 e. The van der Waals surface area contributed by atoms with Crippen molar-refractivity contribution in [1.29, 1.82) is 0 Å². The van der Waals surface area contributed by atoms with Gasteiger partial charge in [-0.05, 0) is 49.2 Å². The predicted molar refractivity (Wildman–Crippen MR) is 147 cm³/mol. The molecule has 3 rings (SSSR count). The minimum Gasteiger partial charge on any atom is -0.357 e. The summed E-state index contributed by atoms with van der Waals surface area (Å²) in [4.78, 5) is 27.9. The summed E-state index contributed by atoms with van der Waals surface area (Å²) in [5.41, 5.74) is 1.75. The van der Waals surface area contributed by atoms with Crippen molar-refractivity contribution in [1.82, 2.24) is 10.2 Å².